The van der Waals surface area contributed by atoms with Crippen LogP contribution in [0.3, 0.4) is 0 Å². The number of amides is 1. The monoisotopic (exact) mass is 377 g/mol. The van der Waals surface area contributed by atoms with Gasteiger partial charge in [-0.15, -0.1) is 11.3 Å². The number of rotatable bonds is 3. The zero-order chi connectivity index (χ0) is 18.4. The van der Waals surface area contributed by atoms with Crippen molar-refractivity contribution in [3.05, 3.63) is 65.3 Å². The summed E-state index contributed by atoms with van der Waals surface area (Å²) in [6.07, 6.45) is 4.05. The number of aryl methyl sites for hydroxylation is 1. The van der Waals surface area contributed by atoms with Gasteiger partial charge < -0.3 is 14.8 Å². The van der Waals surface area contributed by atoms with Crippen LogP contribution in [0.1, 0.15) is 15.2 Å². The zero-order valence-corrected chi connectivity index (χ0v) is 15.2. The van der Waals surface area contributed by atoms with Gasteiger partial charge in [-0.25, -0.2) is 4.98 Å². The number of nitrogens with one attached hydrogen (secondary N) is 1. The van der Waals surface area contributed by atoms with E-state index in [2.05, 4.69) is 23.4 Å². The molecule has 1 amide bonds. The number of nitrogens with zero attached hydrogens (tertiary/aromatic N) is 2. The van der Waals surface area contributed by atoms with E-state index >= 15 is 0 Å². The minimum Gasteiger partial charge on any atom is -0.454 e. The van der Waals surface area contributed by atoms with Gasteiger partial charge in [0.15, 0.2) is 16.5 Å². The molecule has 0 radical (unpaired) electrons. The summed E-state index contributed by atoms with van der Waals surface area (Å²) in [6.45, 7) is 2.25. The van der Waals surface area contributed by atoms with Crippen molar-refractivity contribution < 1.29 is 14.3 Å². The summed E-state index contributed by atoms with van der Waals surface area (Å²) in [5, 5.41) is 2.93. The molecule has 0 bridgehead atoms. The van der Waals surface area contributed by atoms with E-state index in [1.165, 1.54) is 4.88 Å². The van der Waals surface area contributed by atoms with E-state index in [0.29, 0.717) is 22.7 Å². The second kappa shape index (κ2) is 6.14. The molecule has 0 saturated carbocycles. The fraction of sp³-hybridized carbons (Fsp3) is 0.100. The maximum absolute atomic E-state index is 12.6. The van der Waals surface area contributed by atoms with Crippen LogP contribution >= 0.6 is 11.3 Å². The van der Waals surface area contributed by atoms with Crippen molar-refractivity contribution in [1.29, 1.82) is 0 Å². The molecule has 7 heteroatoms. The first-order valence-electron chi connectivity index (χ1n) is 8.42. The molecule has 27 heavy (non-hydrogen) atoms. The standard InChI is InChI=1S/C20H15N3O3S/c1-12-9-23-10-16(22-20(23)27-12)13-3-2-4-15(7-13)21-19(24)14-5-6-17-18(8-14)26-11-25-17/h2-10H,11H2,1H3,(H,21,24). The first kappa shape index (κ1) is 15.9. The minimum atomic E-state index is -0.202. The molecule has 0 saturated heterocycles. The summed E-state index contributed by atoms with van der Waals surface area (Å²) in [5.74, 6) is 1.04. The van der Waals surface area contributed by atoms with Crippen LogP contribution in [0.25, 0.3) is 16.2 Å². The molecule has 4 aromatic rings. The quantitative estimate of drug-likeness (QED) is 0.576. The summed E-state index contributed by atoms with van der Waals surface area (Å²) in [4.78, 5) is 19.4. The van der Waals surface area contributed by atoms with Gasteiger partial charge in [0.1, 0.15) is 0 Å². The van der Waals surface area contributed by atoms with Gasteiger partial charge in [0.25, 0.3) is 5.91 Å². The number of carbonyl (C=O) groups is 1. The van der Waals surface area contributed by atoms with Gasteiger partial charge in [-0.05, 0) is 37.3 Å². The smallest absolute Gasteiger partial charge is 0.255 e. The van der Waals surface area contributed by atoms with Gasteiger partial charge >= 0.3 is 0 Å². The van der Waals surface area contributed by atoms with Crippen LogP contribution in [0.5, 0.6) is 11.5 Å². The third-order valence-electron chi connectivity index (χ3n) is 4.32. The lowest BCUT2D eigenvalue weighted by Crippen LogP contribution is -2.11. The molecule has 2 aromatic heterocycles. The largest absolute Gasteiger partial charge is 0.454 e. The Bertz CT molecular complexity index is 1150. The highest BCUT2D eigenvalue weighted by atomic mass is 32.1. The van der Waals surface area contributed by atoms with Crippen LogP contribution in [0.2, 0.25) is 0 Å². The molecule has 0 unspecified atom stereocenters. The number of aromatic nitrogens is 2. The van der Waals surface area contributed by atoms with Gasteiger partial charge in [0.05, 0.1) is 5.69 Å². The second-order valence-corrected chi connectivity index (χ2v) is 7.47. The maximum Gasteiger partial charge on any atom is 0.255 e. The molecule has 3 heterocycles. The first-order valence-corrected chi connectivity index (χ1v) is 9.24. The van der Waals surface area contributed by atoms with E-state index in [9.17, 15) is 4.79 Å². The van der Waals surface area contributed by atoms with Crippen LogP contribution in [0.4, 0.5) is 5.69 Å². The summed E-state index contributed by atoms with van der Waals surface area (Å²) >= 11 is 1.65. The number of thiazole rings is 1. The molecule has 0 atom stereocenters. The second-order valence-electron chi connectivity index (χ2n) is 6.26. The number of hydrogen-bond acceptors (Lipinski definition) is 5. The Labute approximate surface area is 159 Å². The van der Waals surface area contributed by atoms with Crippen molar-refractivity contribution in [2.45, 2.75) is 6.92 Å². The molecular formula is C20H15N3O3S. The van der Waals surface area contributed by atoms with Gasteiger partial charge in [0, 0.05) is 34.1 Å². The predicted molar refractivity (Wildman–Crippen MR) is 104 cm³/mol. The number of anilines is 1. The van der Waals surface area contributed by atoms with E-state index in [0.717, 1.165) is 16.2 Å². The predicted octanol–water partition coefficient (Wildman–Crippen LogP) is 4.35. The lowest BCUT2D eigenvalue weighted by atomic mass is 10.1. The number of ether oxygens (including phenoxy) is 2. The lowest BCUT2D eigenvalue weighted by Gasteiger charge is -2.07. The molecule has 1 aliphatic rings. The summed E-state index contributed by atoms with van der Waals surface area (Å²) in [5.41, 5.74) is 3.05. The Hall–Kier alpha value is -3.32. The molecular weight excluding hydrogens is 362 g/mol. The molecule has 1 aliphatic heterocycles. The van der Waals surface area contributed by atoms with Crippen molar-refractivity contribution in [2.75, 3.05) is 12.1 Å². The van der Waals surface area contributed by atoms with Crippen LogP contribution in [-0.4, -0.2) is 22.1 Å². The Kier molecular flexibility index (Phi) is 3.61. The van der Waals surface area contributed by atoms with E-state index < -0.39 is 0 Å². The lowest BCUT2D eigenvalue weighted by molar-refractivity contribution is 0.102. The van der Waals surface area contributed by atoms with Crippen LogP contribution in [0.15, 0.2) is 54.9 Å². The Morgan fingerprint density at radius 1 is 1.15 bits per heavy atom. The summed E-state index contributed by atoms with van der Waals surface area (Å²) < 4.78 is 12.6. The van der Waals surface area contributed by atoms with Crippen molar-refractivity contribution in [1.82, 2.24) is 9.38 Å². The third kappa shape index (κ3) is 2.92. The van der Waals surface area contributed by atoms with Crippen molar-refractivity contribution in [3.8, 4) is 22.8 Å². The van der Waals surface area contributed by atoms with E-state index in [4.69, 9.17) is 9.47 Å². The third-order valence-corrected chi connectivity index (χ3v) is 5.23. The summed E-state index contributed by atoms with van der Waals surface area (Å²) in [6, 6.07) is 12.8. The fourth-order valence-electron chi connectivity index (χ4n) is 3.05. The molecule has 0 fully saturated rings. The highest BCUT2D eigenvalue weighted by Crippen LogP contribution is 2.33. The Balaban J connectivity index is 1.40. The fourth-order valence-corrected chi connectivity index (χ4v) is 3.86. The first-order chi connectivity index (χ1) is 13.2. The normalized spacial score (nSPS) is 12.5. The number of benzene rings is 2. The van der Waals surface area contributed by atoms with Gasteiger partial charge in [-0.3, -0.25) is 9.20 Å². The van der Waals surface area contributed by atoms with E-state index in [-0.39, 0.29) is 12.7 Å². The topological polar surface area (TPSA) is 64.9 Å². The molecule has 5 rings (SSSR count). The highest BCUT2D eigenvalue weighted by Gasteiger charge is 2.16. The molecule has 0 aliphatic carbocycles. The Morgan fingerprint density at radius 3 is 2.93 bits per heavy atom. The average molecular weight is 377 g/mol. The SMILES string of the molecule is Cc1cn2cc(-c3cccc(NC(=O)c4ccc5c(c4)OCO5)c3)nc2s1. The van der Waals surface area contributed by atoms with Gasteiger partial charge in [-0.1, -0.05) is 12.1 Å². The number of imidazole rings is 1. The number of fused-ring (bicyclic) bond motifs is 2. The Morgan fingerprint density at radius 2 is 2.04 bits per heavy atom. The molecule has 0 spiro atoms. The highest BCUT2D eigenvalue weighted by molar-refractivity contribution is 7.17. The number of hydrogen-bond donors (Lipinski definition) is 1. The van der Waals surface area contributed by atoms with E-state index in [1.807, 2.05) is 34.9 Å². The van der Waals surface area contributed by atoms with Crippen LogP contribution in [-0.2, 0) is 0 Å². The van der Waals surface area contributed by atoms with Crippen LogP contribution < -0.4 is 14.8 Å². The van der Waals surface area contributed by atoms with Gasteiger partial charge in [0.2, 0.25) is 6.79 Å². The zero-order valence-electron chi connectivity index (χ0n) is 14.4. The van der Waals surface area contributed by atoms with Crippen LogP contribution in [0, 0.1) is 6.92 Å². The average Bonchev–Trinajstić information content (AvgIpc) is 3.35. The maximum atomic E-state index is 12.6. The van der Waals surface area contributed by atoms with Crippen molar-refractivity contribution >= 4 is 27.9 Å². The van der Waals surface area contributed by atoms with Crippen molar-refractivity contribution in [2.24, 2.45) is 0 Å². The molecule has 2 aromatic carbocycles. The molecule has 6 nitrogen and oxygen atoms in total. The van der Waals surface area contributed by atoms with Crippen molar-refractivity contribution in [3.63, 3.8) is 0 Å². The minimum absolute atomic E-state index is 0.185. The molecule has 134 valence electrons. The number of carbonyl (C=O) groups excluding carboxylic acids is 1. The van der Waals surface area contributed by atoms with E-state index in [1.54, 1.807) is 29.5 Å². The summed E-state index contributed by atoms with van der Waals surface area (Å²) in [7, 11) is 0. The van der Waals surface area contributed by atoms with Gasteiger partial charge in [-0.2, -0.15) is 0 Å². The molecule has 1 N–H and O–H groups in total.